The van der Waals surface area contributed by atoms with E-state index in [1.54, 1.807) is 6.07 Å². The molecule has 1 N–H and O–H groups in total. The number of nitrogens with zero attached hydrogens (tertiary/aromatic N) is 1. The maximum atomic E-state index is 5.83. The second kappa shape index (κ2) is 5.36. The lowest BCUT2D eigenvalue weighted by atomic mass is 10.2. The van der Waals surface area contributed by atoms with Crippen molar-refractivity contribution in [1.82, 2.24) is 4.98 Å². The number of fused-ring (bicyclic) bond motifs is 1. The van der Waals surface area contributed by atoms with E-state index in [0.717, 1.165) is 22.9 Å². The molecule has 1 aliphatic heterocycles. The van der Waals surface area contributed by atoms with Crippen LogP contribution in [-0.2, 0) is 6.54 Å². The molecule has 2 aromatic rings. The molecule has 0 fully saturated rings. The van der Waals surface area contributed by atoms with Gasteiger partial charge in [-0.2, -0.15) is 0 Å². The van der Waals surface area contributed by atoms with Gasteiger partial charge in [-0.15, -0.1) is 0 Å². The Bertz CT molecular complexity index is 589. The number of hydrogen-bond acceptors (Lipinski definition) is 4. The van der Waals surface area contributed by atoms with Crippen molar-refractivity contribution in [3.8, 4) is 11.5 Å². The van der Waals surface area contributed by atoms with Gasteiger partial charge in [-0.05, 0) is 29.8 Å². The third-order valence-corrected chi connectivity index (χ3v) is 3.01. The van der Waals surface area contributed by atoms with Crippen LogP contribution in [0, 0.1) is 0 Å². The topological polar surface area (TPSA) is 43.4 Å². The average Bonchev–Trinajstić information content (AvgIpc) is 2.45. The lowest BCUT2D eigenvalue weighted by Gasteiger charge is -2.19. The van der Waals surface area contributed by atoms with Crippen LogP contribution in [0.1, 0.15) is 5.56 Å². The number of pyridine rings is 1. The maximum Gasteiger partial charge on any atom is 0.161 e. The average molecular weight is 277 g/mol. The number of aromatic nitrogens is 1. The van der Waals surface area contributed by atoms with Gasteiger partial charge in [0.1, 0.15) is 24.2 Å². The van der Waals surface area contributed by atoms with Gasteiger partial charge in [0.2, 0.25) is 0 Å². The predicted octanol–water partition coefficient (Wildman–Crippen LogP) is 3.12. The van der Waals surface area contributed by atoms with Gasteiger partial charge in [0.05, 0.1) is 0 Å². The molecular formula is C14H13ClN2O2. The number of halogens is 1. The number of benzene rings is 1. The van der Waals surface area contributed by atoms with E-state index in [1.807, 2.05) is 30.3 Å². The lowest BCUT2D eigenvalue weighted by molar-refractivity contribution is 0.171. The van der Waals surface area contributed by atoms with Gasteiger partial charge in [0.15, 0.2) is 11.5 Å². The highest BCUT2D eigenvalue weighted by molar-refractivity contribution is 6.29. The molecule has 3 rings (SSSR count). The van der Waals surface area contributed by atoms with Crippen molar-refractivity contribution in [2.45, 2.75) is 6.54 Å². The summed E-state index contributed by atoms with van der Waals surface area (Å²) in [6, 6.07) is 11.4. The molecule has 4 nitrogen and oxygen atoms in total. The van der Waals surface area contributed by atoms with E-state index in [4.69, 9.17) is 21.1 Å². The van der Waals surface area contributed by atoms with Crippen LogP contribution in [0.5, 0.6) is 11.5 Å². The minimum absolute atomic E-state index is 0.479. The molecule has 2 heterocycles. The maximum absolute atomic E-state index is 5.83. The van der Waals surface area contributed by atoms with Gasteiger partial charge in [-0.1, -0.05) is 23.7 Å². The Morgan fingerprint density at radius 3 is 2.79 bits per heavy atom. The Labute approximate surface area is 116 Å². The summed E-state index contributed by atoms with van der Waals surface area (Å²) in [6.07, 6.45) is 0. The highest BCUT2D eigenvalue weighted by Gasteiger charge is 2.11. The highest BCUT2D eigenvalue weighted by Crippen LogP contribution is 2.30. The van der Waals surface area contributed by atoms with Crippen molar-refractivity contribution in [2.75, 3.05) is 18.5 Å². The van der Waals surface area contributed by atoms with Gasteiger partial charge in [-0.3, -0.25) is 0 Å². The summed E-state index contributed by atoms with van der Waals surface area (Å²) < 4.78 is 11.0. The molecule has 0 amide bonds. The fraction of sp³-hybridized carbons (Fsp3) is 0.214. The molecule has 98 valence electrons. The first-order valence-corrected chi connectivity index (χ1v) is 6.44. The van der Waals surface area contributed by atoms with Crippen molar-refractivity contribution < 1.29 is 9.47 Å². The van der Waals surface area contributed by atoms with Crippen LogP contribution in [0.4, 0.5) is 5.82 Å². The highest BCUT2D eigenvalue weighted by atomic mass is 35.5. The summed E-state index contributed by atoms with van der Waals surface area (Å²) in [6.45, 7) is 1.86. The molecule has 0 aliphatic carbocycles. The monoisotopic (exact) mass is 276 g/mol. The van der Waals surface area contributed by atoms with Crippen LogP contribution in [0.3, 0.4) is 0 Å². The molecule has 5 heteroatoms. The molecule has 0 bridgehead atoms. The van der Waals surface area contributed by atoms with Crippen molar-refractivity contribution in [3.63, 3.8) is 0 Å². The number of rotatable bonds is 3. The SMILES string of the molecule is Clc1cccc(NCc2ccc3c(c2)OCCO3)n1. The van der Waals surface area contributed by atoms with Gasteiger partial charge in [-0.25, -0.2) is 4.98 Å². The minimum atomic E-state index is 0.479. The molecule has 0 atom stereocenters. The van der Waals surface area contributed by atoms with E-state index < -0.39 is 0 Å². The Morgan fingerprint density at radius 1 is 1.11 bits per heavy atom. The summed E-state index contributed by atoms with van der Waals surface area (Å²) >= 11 is 5.83. The van der Waals surface area contributed by atoms with Crippen LogP contribution in [-0.4, -0.2) is 18.2 Å². The van der Waals surface area contributed by atoms with E-state index in [9.17, 15) is 0 Å². The lowest BCUT2D eigenvalue weighted by Crippen LogP contribution is -2.15. The van der Waals surface area contributed by atoms with Gasteiger partial charge < -0.3 is 14.8 Å². The Kier molecular flexibility index (Phi) is 3.42. The predicted molar refractivity (Wildman–Crippen MR) is 74.0 cm³/mol. The smallest absolute Gasteiger partial charge is 0.161 e. The summed E-state index contributed by atoms with van der Waals surface area (Å²) in [5, 5.41) is 3.70. The molecule has 0 saturated heterocycles. The largest absolute Gasteiger partial charge is 0.486 e. The summed E-state index contributed by atoms with van der Waals surface area (Å²) in [7, 11) is 0. The summed E-state index contributed by atoms with van der Waals surface area (Å²) in [4.78, 5) is 4.17. The molecule has 1 aliphatic rings. The fourth-order valence-corrected chi connectivity index (χ4v) is 2.06. The van der Waals surface area contributed by atoms with Crippen LogP contribution < -0.4 is 14.8 Å². The van der Waals surface area contributed by atoms with Crippen LogP contribution in [0.2, 0.25) is 5.15 Å². The molecule has 1 aromatic heterocycles. The molecule has 19 heavy (non-hydrogen) atoms. The Balaban J connectivity index is 1.70. The Morgan fingerprint density at radius 2 is 1.95 bits per heavy atom. The second-order valence-electron chi connectivity index (χ2n) is 4.18. The zero-order valence-corrected chi connectivity index (χ0v) is 11.0. The van der Waals surface area contributed by atoms with E-state index in [1.165, 1.54) is 0 Å². The number of nitrogens with one attached hydrogen (secondary N) is 1. The second-order valence-corrected chi connectivity index (χ2v) is 4.56. The first-order chi connectivity index (χ1) is 9.31. The zero-order valence-electron chi connectivity index (χ0n) is 10.2. The summed E-state index contributed by atoms with van der Waals surface area (Å²) in [5.41, 5.74) is 1.10. The summed E-state index contributed by atoms with van der Waals surface area (Å²) in [5.74, 6) is 2.35. The van der Waals surface area contributed by atoms with Gasteiger partial charge >= 0.3 is 0 Å². The standard InChI is InChI=1S/C14H13ClN2O2/c15-13-2-1-3-14(17-13)16-9-10-4-5-11-12(8-10)19-7-6-18-11/h1-5,8H,6-7,9H2,(H,16,17). The van der Waals surface area contributed by atoms with Crippen molar-refractivity contribution in [3.05, 3.63) is 47.1 Å². The molecule has 0 saturated carbocycles. The van der Waals surface area contributed by atoms with Crippen molar-refractivity contribution >= 4 is 17.4 Å². The van der Waals surface area contributed by atoms with Crippen molar-refractivity contribution in [2.24, 2.45) is 0 Å². The van der Waals surface area contributed by atoms with Gasteiger partial charge in [0.25, 0.3) is 0 Å². The zero-order chi connectivity index (χ0) is 13.1. The van der Waals surface area contributed by atoms with Crippen LogP contribution in [0.25, 0.3) is 0 Å². The fourth-order valence-electron chi connectivity index (χ4n) is 1.90. The van der Waals surface area contributed by atoms with Crippen molar-refractivity contribution in [1.29, 1.82) is 0 Å². The normalized spacial score (nSPS) is 13.1. The molecule has 0 radical (unpaired) electrons. The molecule has 1 aromatic carbocycles. The quantitative estimate of drug-likeness (QED) is 0.875. The first-order valence-electron chi connectivity index (χ1n) is 6.06. The molecule has 0 unspecified atom stereocenters. The third kappa shape index (κ3) is 2.90. The third-order valence-electron chi connectivity index (χ3n) is 2.80. The van der Waals surface area contributed by atoms with Crippen LogP contribution in [0.15, 0.2) is 36.4 Å². The Hall–Kier alpha value is -1.94. The van der Waals surface area contributed by atoms with E-state index in [0.29, 0.717) is 24.9 Å². The number of anilines is 1. The van der Waals surface area contributed by atoms with E-state index in [-0.39, 0.29) is 0 Å². The molecule has 0 spiro atoms. The molecular weight excluding hydrogens is 264 g/mol. The first kappa shape index (κ1) is 12.1. The van der Waals surface area contributed by atoms with Gasteiger partial charge in [0, 0.05) is 6.54 Å². The number of ether oxygens (including phenoxy) is 2. The van der Waals surface area contributed by atoms with Crippen LogP contribution >= 0.6 is 11.6 Å². The van der Waals surface area contributed by atoms with E-state index >= 15 is 0 Å². The minimum Gasteiger partial charge on any atom is -0.486 e. The number of hydrogen-bond donors (Lipinski definition) is 1. The van der Waals surface area contributed by atoms with E-state index in [2.05, 4.69) is 10.3 Å².